The van der Waals surface area contributed by atoms with Gasteiger partial charge in [0.05, 0.1) is 6.20 Å². The van der Waals surface area contributed by atoms with Crippen LogP contribution in [-0.4, -0.2) is 22.2 Å². The number of carbonyl (C=O) groups is 1. The lowest BCUT2D eigenvalue weighted by Gasteiger charge is -2.06. The van der Waals surface area contributed by atoms with E-state index in [1.165, 1.54) is 0 Å². The summed E-state index contributed by atoms with van der Waals surface area (Å²) in [5.74, 6) is 0.598. The van der Waals surface area contributed by atoms with Crippen molar-refractivity contribution >= 4 is 5.91 Å². The maximum atomic E-state index is 11.5. The van der Waals surface area contributed by atoms with E-state index >= 15 is 0 Å². The molecule has 5 nitrogen and oxygen atoms in total. The highest BCUT2D eigenvalue weighted by molar-refractivity contribution is 5.75. The Hall–Kier alpha value is -1.36. The monoisotopic (exact) mass is 224 g/mol. The number of carbonyl (C=O) groups excluding carboxylic acids is 1. The molecular weight excluding hydrogens is 204 g/mol. The maximum Gasteiger partial charge on any atom is 0.241 e. The standard InChI is InChI=1S/C11H20N4O/c1-9(2)3-4-13-11(16)8-15-7-10(5-12)6-14-15/h6-7,9H,3-5,8,12H2,1-2H3,(H,13,16). The van der Waals surface area contributed by atoms with Crippen molar-refractivity contribution in [3.05, 3.63) is 18.0 Å². The van der Waals surface area contributed by atoms with Crippen molar-refractivity contribution in [1.29, 1.82) is 0 Å². The smallest absolute Gasteiger partial charge is 0.241 e. The fourth-order valence-corrected chi connectivity index (χ4v) is 1.30. The van der Waals surface area contributed by atoms with E-state index < -0.39 is 0 Å². The average molecular weight is 224 g/mol. The van der Waals surface area contributed by atoms with E-state index in [4.69, 9.17) is 5.73 Å². The summed E-state index contributed by atoms with van der Waals surface area (Å²) in [6, 6.07) is 0. The topological polar surface area (TPSA) is 72.9 Å². The molecule has 0 aliphatic carbocycles. The van der Waals surface area contributed by atoms with Gasteiger partial charge in [-0.25, -0.2) is 0 Å². The molecule has 0 aromatic carbocycles. The van der Waals surface area contributed by atoms with Crippen molar-refractivity contribution in [3.63, 3.8) is 0 Å². The molecule has 0 radical (unpaired) electrons. The third-order valence-electron chi connectivity index (χ3n) is 2.27. The Morgan fingerprint density at radius 2 is 2.38 bits per heavy atom. The predicted octanol–water partition coefficient (Wildman–Crippen LogP) is 0.504. The van der Waals surface area contributed by atoms with Gasteiger partial charge in [0.1, 0.15) is 6.54 Å². The largest absolute Gasteiger partial charge is 0.354 e. The molecule has 5 heteroatoms. The Morgan fingerprint density at radius 1 is 1.62 bits per heavy atom. The van der Waals surface area contributed by atoms with Crippen molar-refractivity contribution in [2.45, 2.75) is 33.4 Å². The summed E-state index contributed by atoms with van der Waals surface area (Å²) in [5, 5.41) is 6.90. The molecule has 0 saturated carbocycles. The molecule has 0 atom stereocenters. The van der Waals surface area contributed by atoms with Gasteiger partial charge in [-0.1, -0.05) is 13.8 Å². The van der Waals surface area contributed by atoms with Gasteiger partial charge in [0.25, 0.3) is 0 Å². The van der Waals surface area contributed by atoms with E-state index in [1.54, 1.807) is 17.1 Å². The molecule has 90 valence electrons. The summed E-state index contributed by atoms with van der Waals surface area (Å²) in [7, 11) is 0. The highest BCUT2D eigenvalue weighted by Gasteiger charge is 2.04. The third-order valence-corrected chi connectivity index (χ3v) is 2.27. The molecule has 0 aliphatic heterocycles. The van der Waals surface area contributed by atoms with Gasteiger partial charge in [0.2, 0.25) is 5.91 Å². The lowest BCUT2D eigenvalue weighted by Crippen LogP contribution is -2.29. The first-order valence-electron chi connectivity index (χ1n) is 5.60. The van der Waals surface area contributed by atoms with Crippen LogP contribution in [-0.2, 0) is 17.9 Å². The van der Waals surface area contributed by atoms with Crippen LogP contribution in [0, 0.1) is 5.92 Å². The summed E-state index contributed by atoms with van der Waals surface area (Å²) in [6.45, 7) is 5.70. The van der Waals surface area contributed by atoms with Crippen LogP contribution in [0.15, 0.2) is 12.4 Å². The van der Waals surface area contributed by atoms with E-state index in [-0.39, 0.29) is 12.5 Å². The quantitative estimate of drug-likeness (QED) is 0.739. The second-order valence-corrected chi connectivity index (χ2v) is 4.28. The Labute approximate surface area is 96.0 Å². The van der Waals surface area contributed by atoms with E-state index in [2.05, 4.69) is 24.3 Å². The number of aromatic nitrogens is 2. The SMILES string of the molecule is CC(C)CCNC(=O)Cn1cc(CN)cn1. The first-order chi connectivity index (χ1) is 7.61. The molecule has 16 heavy (non-hydrogen) atoms. The normalized spacial score (nSPS) is 10.8. The molecule has 0 fully saturated rings. The Morgan fingerprint density at radius 3 is 2.94 bits per heavy atom. The van der Waals surface area contributed by atoms with Crippen LogP contribution in [0.2, 0.25) is 0 Å². The minimum Gasteiger partial charge on any atom is -0.354 e. The zero-order valence-corrected chi connectivity index (χ0v) is 9.94. The number of amides is 1. The van der Waals surface area contributed by atoms with E-state index in [1.807, 2.05) is 0 Å². The lowest BCUT2D eigenvalue weighted by molar-refractivity contribution is -0.121. The molecule has 1 heterocycles. The van der Waals surface area contributed by atoms with Gasteiger partial charge in [0, 0.05) is 24.8 Å². The number of nitrogens with zero attached hydrogens (tertiary/aromatic N) is 2. The number of hydrogen-bond acceptors (Lipinski definition) is 3. The van der Waals surface area contributed by atoms with Crippen LogP contribution >= 0.6 is 0 Å². The predicted molar refractivity (Wildman–Crippen MR) is 62.6 cm³/mol. The molecule has 0 bridgehead atoms. The summed E-state index contributed by atoms with van der Waals surface area (Å²) >= 11 is 0. The molecule has 1 aromatic heterocycles. The van der Waals surface area contributed by atoms with E-state index in [9.17, 15) is 4.79 Å². The van der Waals surface area contributed by atoms with Gasteiger partial charge >= 0.3 is 0 Å². The Balaban J connectivity index is 2.28. The highest BCUT2D eigenvalue weighted by atomic mass is 16.2. The first kappa shape index (κ1) is 12.7. The molecule has 0 saturated heterocycles. The summed E-state index contributed by atoms with van der Waals surface area (Å²) in [6.07, 6.45) is 4.47. The fourth-order valence-electron chi connectivity index (χ4n) is 1.30. The van der Waals surface area contributed by atoms with Crippen LogP contribution in [0.5, 0.6) is 0 Å². The first-order valence-corrected chi connectivity index (χ1v) is 5.60. The number of nitrogens with one attached hydrogen (secondary N) is 1. The van der Waals surface area contributed by atoms with Crippen LogP contribution in [0.25, 0.3) is 0 Å². The van der Waals surface area contributed by atoms with Crippen LogP contribution in [0.3, 0.4) is 0 Å². The van der Waals surface area contributed by atoms with Gasteiger partial charge < -0.3 is 11.1 Å². The van der Waals surface area contributed by atoms with Crippen molar-refractivity contribution in [2.75, 3.05) is 6.54 Å². The van der Waals surface area contributed by atoms with Gasteiger partial charge in [0.15, 0.2) is 0 Å². The number of hydrogen-bond donors (Lipinski definition) is 2. The molecule has 0 spiro atoms. The molecule has 0 unspecified atom stereocenters. The molecule has 3 N–H and O–H groups in total. The van der Waals surface area contributed by atoms with Crippen molar-refractivity contribution in [3.8, 4) is 0 Å². The minimum atomic E-state index is -0.00711. The Bertz CT molecular complexity index is 332. The second-order valence-electron chi connectivity index (χ2n) is 4.28. The van der Waals surface area contributed by atoms with Crippen molar-refractivity contribution < 1.29 is 4.79 Å². The zero-order chi connectivity index (χ0) is 12.0. The third kappa shape index (κ3) is 4.44. The molecular formula is C11H20N4O. The fraction of sp³-hybridized carbons (Fsp3) is 0.636. The Kier molecular flexibility index (Phi) is 4.98. The van der Waals surface area contributed by atoms with Crippen LogP contribution in [0.1, 0.15) is 25.8 Å². The van der Waals surface area contributed by atoms with Gasteiger partial charge in [-0.15, -0.1) is 0 Å². The molecule has 1 aromatic rings. The summed E-state index contributed by atoms with van der Waals surface area (Å²) in [4.78, 5) is 11.5. The average Bonchev–Trinajstić information content (AvgIpc) is 2.65. The maximum absolute atomic E-state index is 11.5. The van der Waals surface area contributed by atoms with E-state index in [0.29, 0.717) is 12.5 Å². The van der Waals surface area contributed by atoms with Crippen LogP contribution < -0.4 is 11.1 Å². The minimum absolute atomic E-state index is 0.00711. The van der Waals surface area contributed by atoms with Crippen molar-refractivity contribution in [1.82, 2.24) is 15.1 Å². The van der Waals surface area contributed by atoms with Gasteiger partial charge in [-0.2, -0.15) is 5.10 Å². The molecule has 1 amide bonds. The molecule has 0 aliphatic rings. The van der Waals surface area contributed by atoms with Crippen molar-refractivity contribution in [2.24, 2.45) is 11.7 Å². The number of rotatable bonds is 6. The van der Waals surface area contributed by atoms with Gasteiger partial charge in [-0.05, 0) is 12.3 Å². The van der Waals surface area contributed by atoms with E-state index in [0.717, 1.165) is 18.5 Å². The van der Waals surface area contributed by atoms with Crippen LogP contribution in [0.4, 0.5) is 0 Å². The highest BCUT2D eigenvalue weighted by Crippen LogP contribution is 1.97. The summed E-state index contributed by atoms with van der Waals surface area (Å²) < 4.78 is 1.60. The zero-order valence-electron chi connectivity index (χ0n) is 9.94. The lowest BCUT2D eigenvalue weighted by atomic mass is 10.1. The second kappa shape index (κ2) is 6.27. The summed E-state index contributed by atoms with van der Waals surface area (Å²) in [5.41, 5.74) is 6.39. The molecule has 1 rings (SSSR count). The number of nitrogens with two attached hydrogens (primary N) is 1. The van der Waals surface area contributed by atoms with Gasteiger partial charge in [-0.3, -0.25) is 9.48 Å².